The fourth-order valence-electron chi connectivity index (χ4n) is 4.35. The van der Waals surface area contributed by atoms with Crippen molar-refractivity contribution in [2.45, 2.75) is 19.4 Å². The largest absolute Gasteiger partial charge is 0.493 e. The summed E-state index contributed by atoms with van der Waals surface area (Å²) in [6.45, 7) is -0.107. The van der Waals surface area contributed by atoms with Crippen molar-refractivity contribution < 1.29 is 18.7 Å². The number of ether oxygens (including phenoxy) is 1. The lowest BCUT2D eigenvalue weighted by Gasteiger charge is -2.32. The monoisotopic (exact) mass is 510 g/mol. The summed E-state index contributed by atoms with van der Waals surface area (Å²) in [4.78, 5) is 31.2. The molecule has 1 aliphatic carbocycles. The molecule has 1 saturated carbocycles. The molecule has 0 spiro atoms. The van der Waals surface area contributed by atoms with Gasteiger partial charge in [-0.3, -0.25) is 19.3 Å². The van der Waals surface area contributed by atoms with Crippen molar-refractivity contribution in [2.75, 3.05) is 19.9 Å². The van der Waals surface area contributed by atoms with Crippen LogP contribution < -0.4 is 10.5 Å². The van der Waals surface area contributed by atoms with E-state index in [2.05, 4.69) is 10.1 Å². The number of rotatable bonds is 5. The van der Waals surface area contributed by atoms with Crippen LogP contribution in [0.15, 0.2) is 36.5 Å². The average Bonchev–Trinajstić information content (AvgIpc) is 3.65. The number of pyridine rings is 1. The van der Waals surface area contributed by atoms with E-state index in [0.29, 0.717) is 33.2 Å². The third-order valence-corrected chi connectivity index (χ3v) is 6.74. The molecule has 5 rings (SSSR count). The smallest absolute Gasteiger partial charge is 0.272 e. The van der Waals surface area contributed by atoms with E-state index in [0.717, 1.165) is 18.4 Å². The number of benzene rings is 2. The molecule has 0 atom stereocenters. The molecule has 36 heavy (non-hydrogen) atoms. The Kier molecular flexibility index (Phi) is 5.91. The van der Waals surface area contributed by atoms with Crippen LogP contribution in [0.4, 0.5) is 10.2 Å². The van der Waals surface area contributed by atoms with Crippen LogP contribution in [0.1, 0.15) is 28.8 Å². The van der Waals surface area contributed by atoms with E-state index in [4.69, 9.17) is 22.1 Å². The standard InChI is InChI=1S/C25H24ClFN6O3/c1-31-21-16-10-14(7-9-19(16)30-23(28)17(21)11-29-31)25(35)33(32(2)24(34)13-4-5-13)12-15-6-8-18(26)20(27)22(15)36-3/h6-11,13H,4-5,12H2,1-3H3,(H2,28,30). The van der Waals surface area contributed by atoms with Crippen molar-refractivity contribution in [2.24, 2.45) is 13.0 Å². The van der Waals surface area contributed by atoms with Crippen molar-refractivity contribution in [1.82, 2.24) is 24.8 Å². The van der Waals surface area contributed by atoms with Gasteiger partial charge in [0.2, 0.25) is 5.91 Å². The molecule has 186 valence electrons. The normalized spacial score (nSPS) is 13.2. The van der Waals surface area contributed by atoms with Gasteiger partial charge in [0.05, 0.1) is 41.3 Å². The van der Waals surface area contributed by atoms with Crippen LogP contribution in [0.5, 0.6) is 5.75 Å². The fraction of sp³-hybridized carbons (Fsp3) is 0.280. The number of fused-ring (bicyclic) bond motifs is 3. The second-order valence-corrected chi connectivity index (χ2v) is 9.22. The minimum atomic E-state index is -0.729. The predicted molar refractivity (Wildman–Crippen MR) is 134 cm³/mol. The first-order valence-corrected chi connectivity index (χ1v) is 11.7. The number of nitrogens with zero attached hydrogens (tertiary/aromatic N) is 5. The Morgan fingerprint density at radius 3 is 2.69 bits per heavy atom. The summed E-state index contributed by atoms with van der Waals surface area (Å²) in [5.41, 5.74) is 8.12. The van der Waals surface area contributed by atoms with Crippen LogP contribution in [0.2, 0.25) is 5.02 Å². The third-order valence-electron chi connectivity index (χ3n) is 6.45. The maximum atomic E-state index is 14.6. The first-order chi connectivity index (χ1) is 17.2. The van der Waals surface area contributed by atoms with Crippen molar-refractivity contribution >= 4 is 51.0 Å². The fourth-order valence-corrected chi connectivity index (χ4v) is 4.49. The maximum absolute atomic E-state index is 14.6. The van der Waals surface area contributed by atoms with Gasteiger partial charge in [-0.05, 0) is 37.1 Å². The third kappa shape index (κ3) is 3.97. The Hall–Kier alpha value is -3.92. The van der Waals surface area contributed by atoms with E-state index < -0.39 is 11.7 Å². The van der Waals surface area contributed by atoms with Crippen LogP contribution in [-0.2, 0) is 18.4 Å². The minimum absolute atomic E-state index is 0.0812. The second-order valence-electron chi connectivity index (χ2n) is 8.81. The van der Waals surface area contributed by atoms with Gasteiger partial charge in [0.25, 0.3) is 5.91 Å². The lowest BCUT2D eigenvalue weighted by atomic mass is 10.1. The molecule has 0 radical (unpaired) electrons. The van der Waals surface area contributed by atoms with Gasteiger partial charge in [-0.25, -0.2) is 14.4 Å². The molecule has 2 N–H and O–H groups in total. The number of amides is 2. The molecule has 0 aliphatic heterocycles. The summed E-state index contributed by atoms with van der Waals surface area (Å²) < 4.78 is 21.5. The molecule has 11 heteroatoms. The molecule has 2 heterocycles. The number of anilines is 1. The highest BCUT2D eigenvalue weighted by atomic mass is 35.5. The number of hydrazine groups is 1. The number of halogens is 2. The number of nitrogens with two attached hydrogens (primary N) is 1. The zero-order chi connectivity index (χ0) is 25.7. The van der Waals surface area contributed by atoms with Crippen LogP contribution in [0, 0.1) is 11.7 Å². The zero-order valence-electron chi connectivity index (χ0n) is 20.0. The predicted octanol–water partition coefficient (Wildman–Crippen LogP) is 3.93. The summed E-state index contributed by atoms with van der Waals surface area (Å²) >= 11 is 5.92. The summed E-state index contributed by atoms with van der Waals surface area (Å²) in [5, 5.41) is 8.13. The number of aryl methyl sites for hydroxylation is 1. The molecule has 2 aromatic carbocycles. The zero-order valence-corrected chi connectivity index (χ0v) is 20.7. The Labute approximate surface area is 211 Å². The molecule has 2 aromatic heterocycles. The lowest BCUT2D eigenvalue weighted by Crippen LogP contribution is -2.47. The van der Waals surface area contributed by atoms with Gasteiger partial charge in [-0.15, -0.1) is 0 Å². The Balaban J connectivity index is 1.60. The number of aromatic nitrogens is 3. The topological polar surface area (TPSA) is 107 Å². The first-order valence-electron chi connectivity index (χ1n) is 11.3. The van der Waals surface area contributed by atoms with E-state index in [-0.39, 0.29) is 29.1 Å². The van der Waals surface area contributed by atoms with Crippen molar-refractivity contribution in [3.63, 3.8) is 0 Å². The van der Waals surface area contributed by atoms with Gasteiger partial charge >= 0.3 is 0 Å². The SMILES string of the molecule is COc1c(CN(C(=O)c2ccc3nc(N)c4cnn(C)c4c3c2)N(C)C(=O)C2CC2)ccc(Cl)c1F. The van der Waals surface area contributed by atoms with Crippen molar-refractivity contribution in [3.05, 3.63) is 58.5 Å². The molecule has 0 unspecified atom stereocenters. The summed E-state index contributed by atoms with van der Waals surface area (Å²) in [6, 6.07) is 8.00. The maximum Gasteiger partial charge on any atom is 0.272 e. The number of methoxy groups -OCH3 is 1. The Morgan fingerprint density at radius 1 is 1.25 bits per heavy atom. The highest BCUT2D eigenvalue weighted by Crippen LogP contribution is 2.34. The molecule has 2 amide bonds. The number of nitrogen functional groups attached to an aromatic ring is 1. The highest BCUT2D eigenvalue weighted by Gasteiger charge is 2.36. The summed E-state index contributed by atoms with van der Waals surface area (Å²) in [7, 11) is 4.65. The molecule has 4 aromatic rings. The number of carbonyl (C=O) groups is 2. The lowest BCUT2D eigenvalue weighted by molar-refractivity contribution is -0.144. The number of hydrogen-bond donors (Lipinski definition) is 1. The summed E-state index contributed by atoms with van der Waals surface area (Å²) in [6.07, 6.45) is 3.17. The average molecular weight is 511 g/mol. The van der Waals surface area contributed by atoms with Crippen LogP contribution in [-0.4, -0.2) is 50.8 Å². The first kappa shape index (κ1) is 23.8. The van der Waals surface area contributed by atoms with Gasteiger partial charge in [-0.1, -0.05) is 17.7 Å². The van der Waals surface area contributed by atoms with Crippen molar-refractivity contribution in [3.8, 4) is 5.75 Å². The van der Waals surface area contributed by atoms with Crippen LogP contribution in [0.3, 0.4) is 0 Å². The molecular weight excluding hydrogens is 487 g/mol. The second kappa shape index (κ2) is 8.94. The van der Waals surface area contributed by atoms with E-state index >= 15 is 0 Å². The quantitative estimate of drug-likeness (QED) is 0.408. The van der Waals surface area contributed by atoms with Gasteiger partial charge in [0, 0.05) is 36.5 Å². The number of hydrogen-bond acceptors (Lipinski definition) is 6. The van der Waals surface area contributed by atoms with Gasteiger partial charge in [0.1, 0.15) is 5.82 Å². The Bertz CT molecular complexity index is 1530. The molecule has 1 fully saturated rings. The van der Waals surface area contributed by atoms with E-state index in [1.165, 1.54) is 23.2 Å². The van der Waals surface area contributed by atoms with Crippen LogP contribution in [0.25, 0.3) is 21.8 Å². The van der Waals surface area contributed by atoms with Crippen LogP contribution >= 0.6 is 11.6 Å². The summed E-state index contributed by atoms with van der Waals surface area (Å²) in [5.74, 6) is -1.22. The van der Waals surface area contributed by atoms with Gasteiger partial charge in [-0.2, -0.15) is 5.10 Å². The minimum Gasteiger partial charge on any atom is -0.493 e. The van der Waals surface area contributed by atoms with E-state index in [1.807, 2.05) is 0 Å². The number of carbonyl (C=O) groups excluding carboxylic acids is 2. The molecule has 9 nitrogen and oxygen atoms in total. The van der Waals surface area contributed by atoms with Gasteiger partial charge < -0.3 is 10.5 Å². The molecule has 0 bridgehead atoms. The van der Waals surface area contributed by atoms with E-state index in [1.54, 1.807) is 49.2 Å². The molecular formula is C25H24ClFN6O3. The van der Waals surface area contributed by atoms with E-state index in [9.17, 15) is 14.0 Å². The molecule has 0 saturated heterocycles. The Morgan fingerprint density at radius 2 is 2.00 bits per heavy atom. The van der Waals surface area contributed by atoms with Crippen molar-refractivity contribution in [1.29, 1.82) is 0 Å². The molecule has 1 aliphatic rings. The highest BCUT2D eigenvalue weighted by molar-refractivity contribution is 6.30. The van der Waals surface area contributed by atoms with Gasteiger partial charge in [0.15, 0.2) is 11.6 Å².